The van der Waals surface area contributed by atoms with Gasteiger partial charge in [0, 0.05) is 13.6 Å². The third kappa shape index (κ3) is 5.11. The number of carbonyl (C=O) groups is 2. The Balaban J connectivity index is 4.09. The van der Waals surface area contributed by atoms with Gasteiger partial charge in [-0.3, -0.25) is 9.59 Å². The van der Waals surface area contributed by atoms with Crippen molar-refractivity contribution in [2.24, 2.45) is 11.7 Å². The first-order valence-corrected chi connectivity index (χ1v) is 5.67. The highest BCUT2D eigenvalue weighted by molar-refractivity contribution is 5.87. The lowest BCUT2D eigenvalue weighted by Crippen LogP contribution is -2.48. The lowest BCUT2D eigenvalue weighted by molar-refractivity contribution is -0.136. The van der Waals surface area contributed by atoms with Crippen molar-refractivity contribution in [3.8, 4) is 0 Å². The van der Waals surface area contributed by atoms with E-state index in [9.17, 15) is 9.59 Å². The summed E-state index contributed by atoms with van der Waals surface area (Å²) < 4.78 is 0. The highest BCUT2D eigenvalue weighted by Crippen LogP contribution is 2.01. The molecule has 2 amide bonds. The highest BCUT2D eigenvalue weighted by Gasteiger charge is 2.22. The number of hydrogen-bond donors (Lipinski definition) is 2. The van der Waals surface area contributed by atoms with Gasteiger partial charge in [0.2, 0.25) is 11.8 Å². The van der Waals surface area contributed by atoms with Crippen molar-refractivity contribution in [1.29, 1.82) is 0 Å². The molecule has 0 bridgehead atoms. The minimum Gasteiger partial charge on any atom is -0.355 e. The first-order chi connectivity index (χ1) is 7.40. The average molecular weight is 229 g/mol. The van der Waals surface area contributed by atoms with Gasteiger partial charge >= 0.3 is 0 Å². The van der Waals surface area contributed by atoms with Gasteiger partial charge < -0.3 is 16.0 Å². The molecule has 0 fully saturated rings. The summed E-state index contributed by atoms with van der Waals surface area (Å²) in [6.45, 7) is 6.45. The van der Waals surface area contributed by atoms with Gasteiger partial charge in [-0.1, -0.05) is 20.8 Å². The Labute approximate surface area is 97.4 Å². The maximum absolute atomic E-state index is 11.7. The van der Waals surface area contributed by atoms with Crippen LogP contribution in [0, 0.1) is 5.92 Å². The number of likely N-dealkylation sites (N-methyl/N-ethyl adjacent to an activating group) is 1. The van der Waals surface area contributed by atoms with Crippen LogP contribution in [-0.2, 0) is 9.59 Å². The average Bonchev–Trinajstić information content (AvgIpc) is 2.23. The SMILES string of the molecule is CCCNC(=O)CN(C)C(=O)[C@@H](N)C(C)C. The van der Waals surface area contributed by atoms with Crippen LogP contribution in [0.1, 0.15) is 27.2 Å². The number of nitrogens with one attached hydrogen (secondary N) is 1. The summed E-state index contributed by atoms with van der Waals surface area (Å²) in [5, 5.41) is 2.71. The van der Waals surface area contributed by atoms with Crippen LogP contribution in [0.25, 0.3) is 0 Å². The van der Waals surface area contributed by atoms with Gasteiger partial charge in [0.05, 0.1) is 12.6 Å². The van der Waals surface area contributed by atoms with Gasteiger partial charge in [0.25, 0.3) is 0 Å². The summed E-state index contributed by atoms with van der Waals surface area (Å²) in [5.41, 5.74) is 5.71. The van der Waals surface area contributed by atoms with E-state index in [1.807, 2.05) is 20.8 Å². The molecule has 0 aromatic heterocycles. The van der Waals surface area contributed by atoms with Crippen molar-refractivity contribution in [1.82, 2.24) is 10.2 Å². The van der Waals surface area contributed by atoms with Crippen molar-refractivity contribution in [3.05, 3.63) is 0 Å². The summed E-state index contributed by atoms with van der Waals surface area (Å²) in [6, 6.07) is -0.538. The fourth-order valence-corrected chi connectivity index (χ4v) is 1.15. The molecule has 94 valence electrons. The second-order valence-electron chi connectivity index (χ2n) is 4.31. The Morgan fingerprint density at radius 2 is 1.94 bits per heavy atom. The van der Waals surface area contributed by atoms with E-state index in [4.69, 9.17) is 5.73 Å². The molecule has 0 radical (unpaired) electrons. The molecule has 0 aliphatic heterocycles. The third-order valence-corrected chi connectivity index (χ3v) is 2.33. The summed E-state index contributed by atoms with van der Waals surface area (Å²) in [5.74, 6) is -0.260. The zero-order chi connectivity index (χ0) is 12.7. The number of rotatable bonds is 6. The molecule has 16 heavy (non-hydrogen) atoms. The largest absolute Gasteiger partial charge is 0.355 e. The number of nitrogens with zero attached hydrogens (tertiary/aromatic N) is 1. The molecular formula is C11H23N3O2. The van der Waals surface area contributed by atoms with Crippen molar-refractivity contribution in [2.45, 2.75) is 33.2 Å². The fraction of sp³-hybridized carbons (Fsp3) is 0.818. The van der Waals surface area contributed by atoms with Gasteiger partial charge in [0.1, 0.15) is 0 Å². The minimum absolute atomic E-state index is 0.0687. The van der Waals surface area contributed by atoms with E-state index in [0.29, 0.717) is 6.54 Å². The number of nitrogens with two attached hydrogens (primary N) is 1. The van der Waals surface area contributed by atoms with Crippen LogP contribution < -0.4 is 11.1 Å². The van der Waals surface area contributed by atoms with Crippen LogP contribution in [0.5, 0.6) is 0 Å². The van der Waals surface area contributed by atoms with Gasteiger partial charge in [-0.05, 0) is 12.3 Å². The van der Waals surface area contributed by atoms with Gasteiger partial charge in [0.15, 0.2) is 0 Å². The van der Waals surface area contributed by atoms with Crippen molar-refractivity contribution < 1.29 is 9.59 Å². The molecule has 0 unspecified atom stereocenters. The molecule has 1 atom stereocenters. The summed E-state index contributed by atoms with van der Waals surface area (Å²) >= 11 is 0. The highest BCUT2D eigenvalue weighted by atomic mass is 16.2. The first kappa shape index (κ1) is 14.9. The predicted octanol–water partition coefficient (Wildman–Crippen LogP) is -0.0457. The molecule has 0 aromatic rings. The van der Waals surface area contributed by atoms with Crippen LogP contribution in [0.4, 0.5) is 0 Å². The monoisotopic (exact) mass is 229 g/mol. The Morgan fingerprint density at radius 3 is 2.38 bits per heavy atom. The van der Waals surface area contributed by atoms with E-state index in [-0.39, 0.29) is 24.3 Å². The summed E-state index contributed by atoms with van der Waals surface area (Å²) in [7, 11) is 1.59. The van der Waals surface area contributed by atoms with Crippen LogP contribution in [0.3, 0.4) is 0 Å². The molecule has 0 saturated heterocycles. The van der Waals surface area contributed by atoms with Gasteiger partial charge in [-0.15, -0.1) is 0 Å². The zero-order valence-corrected chi connectivity index (χ0v) is 10.6. The van der Waals surface area contributed by atoms with Crippen molar-refractivity contribution >= 4 is 11.8 Å². The number of hydrogen-bond acceptors (Lipinski definition) is 3. The van der Waals surface area contributed by atoms with Crippen LogP contribution in [0.2, 0.25) is 0 Å². The fourth-order valence-electron chi connectivity index (χ4n) is 1.15. The lowest BCUT2D eigenvalue weighted by atomic mass is 10.0. The standard InChI is InChI=1S/C11H23N3O2/c1-5-6-13-9(15)7-14(4)11(16)10(12)8(2)3/h8,10H,5-7,12H2,1-4H3,(H,13,15)/t10-/m0/s1. The lowest BCUT2D eigenvalue weighted by Gasteiger charge is -2.22. The number of carbonyl (C=O) groups excluding carboxylic acids is 2. The summed E-state index contributed by atoms with van der Waals surface area (Å²) in [4.78, 5) is 24.4. The van der Waals surface area contributed by atoms with Crippen molar-refractivity contribution in [2.75, 3.05) is 20.1 Å². The second kappa shape index (κ2) is 7.22. The molecule has 3 N–H and O–H groups in total. The molecule has 0 spiro atoms. The van der Waals surface area contributed by atoms with E-state index in [1.165, 1.54) is 4.90 Å². The molecule has 0 aromatic carbocycles. The van der Waals surface area contributed by atoms with Gasteiger partial charge in [-0.2, -0.15) is 0 Å². The van der Waals surface area contributed by atoms with E-state index >= 15 is 0 Å². The molecule has 0 rings (SSSR count). The molecule has 5 nitrogen and oxygen atoms in total. The van der Waals surface area contributed by atoms with Crippen LogP contribution >= 0.6 is 0 Å². The molecule has 0 aliphatic carbocycles. The smallest absolute Gasteiger partial charge is 0.239 e. The molecule has 0 aliphatic rings. The molecular weight excluding hydrogens is 206 g/mol. The molecule has 5 heteroatoms. The second-order valence-corrected chi connectivity index (χ2v) is 4.31. The van der Waals surface area contributed by atoms with Crippen molar-refractivity contribution in [3.63, 3.8) is 0 Å². The molecule has 0 heterocycles. The topological polar surface area (TPSA) is 75.4 Å². The predicted molar refractivity (Wildman–Crippen MR) is 63.8 cm³/mol. The van der Waals surface area contributed by atoms with E-state index < -0.39 is 6.04 Å². The third-order valence-electron chi connectivity index (χ3n) is 2.33. The Hall–Kier alpha value is -1.10. The summed E-state index contributed by atoms with van der Waals surface area (Å²) in [6.07, 6.45) is 0.884. The van der Waals surface area contributed by atoms with Crippen LogP contribution in [-0.4, -0.2) is 42.9 Å². The maximum atomic E-state index is 11.7. The molecule has 0 saturated carbocycles. The maximum Gasteiger partial charge on any atom is 0.239 e. The first-order valence-electron chi connectivity index (χ1n) is 5.67. The van der Waals surface area contributed by atoms with Crippen LogP contribution in [0.15, 0.2) is 0 Å². The minimum atomic E-state index is -0.538. The van der Waals surface area contributed by atoms with E-state index in [1.54, 1.807) is 7.05 Å². The normalized spacial score (nSPS) is 12.4. The zero-order valence-electron chi connectivity index (χ0n) is 10.6. The van der Waals surface area contributed by atoms with E-state index in [2.05, 4.69) is 5.32 Å². The number of amides is 2. The Bertz CT molecular complexity index is 241. The Morgan fingerprint density at radius 1 is 1.38 bits per heavy atom. The Kier molecular flexibility index (Phi) is 6.72. The van der Waals surface area contributed by atoms with Gasteiger partial charge in [-0.25, -0.2) is 0 Å². The quantitative estimate of drug-likeness (QED) is 0.671. The van der Waals surface area contributed by atoms with E-state index in [0.717, 1.165) is 6.42 Å².